The van der Waals surface area contributed by atoms with E-state index in [-0.39, 0.29) is 0 Å². The number of hydrogen-bond acceptors (Lipinski definition) is 9. The minimum Gasteiger partial charge on any atom is -0.353 e. The van der Waals surface area contributed by atoms with Gasteiger partial charge >= 0.3 is 0 Å². The van der Waals surface area contributed by atoms with Crippen LogP contribution in [0.5, 0.6) is 0 Å². The predicted octanol–water partition coefficient (Wildman–Crippen LogP) is 0.603. The van der Waals surface area contributed by atoms with E-state index in [9.17, 15) is 0 Å². The van der Waals surface area contributed by atoms with Gasteiger partial charge in [0.2, 0.25) is 17.8 Å². The zero-order chi connectivity index (χ0) is 14.5. The van der Waals surface area contributed by atoms with Gasteiger partial charge in [0.25, 0.3) is 0 Å². The monoisotopic (exact) mass is 324 g/mol. The van der Waals surface area contributed by atoms with Gasteiger partial charge in [0.05, 0.1) is 0 Å². The minimum absolute atomic E-state index is 0.321. The van der Waals surface area contributed by atoms with Crippen LogP contribution < -0.4 is 16.6 Å². The van der Waals surface area contributed by atoms with Crippen LogP contribution in [0.4, 0.5) is 11.9 Å². The summed E-state index contributed by atoms with van der Waals surface area (Å²) in [7, 11) is 0. The number of rotatable bonds is 5. The number of aromatic nitrogens is 5. The molecular formula is C11H16N8S2. The second-order valence-corrected chi connectivity index (χ2v) is 6.90. The molecule has 3 heterocycles. The van der Waals surface area contributed by atoms with Crippen molar-refractivity contribution in [2.45, 2.75) is 5.25 Å². The van der Waals surface area contributed by atoms with E-state index >= 15 is 0 Å². The number of nitrogens with zero attached hydrogens (tertiary/aromatic N) is 5. The summed E-state index contributed by atoms with van der Waals surface area (Å²) in [6.45, 7) is 0.828. The first-order valence-corrected chi connectivity index (χ1v) is 8.70. The molecule has 1 saturated heterocycles. The van der Waals surface area contributed by atoms with E-state index in [1.165, 1.54) is 11.5 Å². The Morgan fingerprint density at radius 3 is 2.90 bits per heavy atom. The highest BCUT2D eigenvalue weighted by molar-refractivity contribution is 8.06. The molecule has 0 aromatic carbocycles. The molecule has 0 bridgehead atoms. The lowest BCUT2D eigenvalue weighted by atomic mass is 10.5. The molecule has 1 unspecified atom stereocenters. The molecule has 112 valence electrons. The molecule has 0 saturated carbocycles. The number of hydrazine groups is 1. The van der Waals surface area contributed by atoms with Crippen molar-refractivity contribution >= 4 is 35.4 Å². The summed E-state index contributed by atoms with van der Waals surface area (Å²) < 4.78 is 1.71. The second-order valence-electron chi connectivity index (χ2n) is 4.35. The Hall–Kier alpha value is -1.52. The van der Waals surface area contributed by atoms with Gasteiger partial charge in [-0.05, 0) is 0 Å². The van der Waals surface area contributed by atoms with Crippen molar-refractivity contribution in [3.8, 4) is 5.95 Å². The molecule has 8 nitrogen and oxygen atoms in total. The topological polar surface area (TPSA) is 107 Å². The van der Waals surface area contributed by atoms with Gasteiger partial charge in [0, 0.05) is 41.4 Å². The number of nitrogens with two attached hydrogens (primary N) is 1. The summed E-state index contributed by atoms with van der Waals surface area (Å²) >= 11 is 3.97. The van der Waals surface area contributed by atoms with Crippen LogP contribution in [0.1, 0.15) is 0 Å². The Labute approximate surface area is 130 Å². The van der Waals surface area contributed by atoms with Crippen molar-refractivity contribution in [1.29, 1.82) is 0 Å². The fraction of sp³-hybridized carbons (Fsp3) is 0.455. The maximum atomic E-state index is 5.42. The van der Waals surface area contributed by atoms with Crippen molar-refractivity contribution in [1.82, 2.24) is 24.5 Å². The Morgan fingerprint density at radius 2 is 2.19 bits per heavy atom. The zero-order valence-corrected chi connectivity index (χ0v) is 12.9. The highest BCUT2D eigenvalue weighted by atomic mass is 32.2. The molecule has 2 aromatic heterocycles. The molecule has 21 heavy (non-hydrogen) atoms. The largest absolute Gasteiger partial charge is 0.353 e. The highest BCUT2D eigenvalue weighted by Gasteiger charge is 2.15. The number of nitrogens with one attached hydrogen (secondary N) is 2. The SMILES string of the molecule is NNc1nc(NCC2CSCCS2)nc(-n2ccnc2)n1. The van der Waals surface area contributed by atoms with Crippen molar-refractivity contribution in [2.24, 2.45) is 5.84 Å². The summed E-state index contributed by atoms with van der Waals surface area (Å²) in [5, 5.41) is 3.84. The number of hydrogen-bond donors (Lipinski definition) is 3. The van der Waals surface area contributed by atoms with Gasteiger partial charge in [-0.15, -0.1) is 0 Å². The number of anilines is 2. The fourth-order valence-corrected chi connectivity index (χ4v) is 4.47. The number of nitrogen functional groups attached to an aromatic ring is 1. The van der Waals surface area contributed by atoms with E-state index in [0.29, 0.717) is 23.1 Å². The van der Waals surface area contributed by atoms with Crippen LogP contribution in [0.2, 0.25) is 0 Å². The maximum Gasteiger partial charge on any atom is 0.243 e. The lowest BCUT2D eigenvalue weighted by Gasteiger charge is -2.21. The molecule has 2 aromatic rings. The van der Waals surface area contributed by atoms with Crippen LogP contribution in [0, 0.1) is 0 Å². The van der Waals surface area contributed by atoms with Gasteiger partial charge in [-0.3, -0.25) is 9.99 Å². The fourth-order valence-electron chi connectivity index (χ4n) is 1.86. The number of thioether (sulfide) groups is 2. The Balaban J connectivity index is 1.73. The summed E-state index contributed by atoms with van der Waals surface area (Å²) in [5.74, 6) is 10.3. The maximum absolute atomic E-state index is 5.42. The van der Waals surface area contributed by atoms with E-state index in [2.05, 4.69) is 30.7 Å². The third-order valence-electron chi connectivity index (χ3n) is 2.86. The van der Waals surface area contributed by atoms with E-state index in [0.717, 1.165) is 12.3 Å². The van der Waals surface area contributed by atoms with E-state index < -0.39 is 0 Å². The van der Waals surface area contributed by atoms with Crippen LogP contribution >= 0.6 is 23.5 Å². The second kappa shape index (κ2) is 6.96. The lowest BCUT2D eigenvalue weighted by molar-refractivity contribution is 0.882. The normalized spacial score (nSPS) is 18.4. The van der Waals surface area contributed by atoms with Crippen molar-refractivity contribution in [3.63, 3.8) is 0 Å². The van der Waals surface area contributed by atoms with Crippen LogP contribution in [0.15, 0.2) is 18.7 Å². The summed E-state index contributed by atoms with van der Waals surface area (Å²) in [4.78, 5) is 16.8. The third-order valence-corrected chi connectivity index (χ3v) is 5.71. The van der Waals surface area contributed by atoms with Gasteiger partial charge in [0.1, 0.15) is 6.33 Å². The first-order chi connectivity index (χ1) is 10.3. The van der Waals surface area contributed by atoms with Gasteiger partial charge in [-0.2, -0.15) is 38.5 Å². The molecule has 1 aliphatic rings. The Bertz CT molecular complexity index is 570. The standard InChI is InChI=1S/C11H16N8S2/c12-18-10-15-9(14-5-8-6-20-3-4-21-8)16-11(17-10)19-2-1-13-7-19/h1-2,7-8H,3-6,12H2,(H2,14,15,16,17,18). The first-order valence-electron chi connectivity index (χ1n) is 6.49. The first kappa shape index (κ1) is 14.4. The molecule has 0 spiro atoms. The molecule has 0 aliphatic carbocycles. The van der Waals surface area contributed by atoms with Crippen molar-refractivity contribution in [2.75, 3.05) is 34.5 Å². The van der Waals surface area contributed by atoms with E-state index in [1.54, 1.807) is 23.3 Å². The van der Waals surface area contributed by atoms with Gasteiger partial charge < -0.3 is 5.32 Å². The average Bonchev–Trinajstić information content (AvgIpc) is 3.08. The average molecular weight is 324 g/mol. The summed E-state index contributed by atoms with van der Waals surface area (Å²) in [6.07, 6.45) is 5.07. The summed E-state index contributed by atoms with van der Waals surface area (Å²) in [5.41, 5.74) is 2.46. The van der Waals surface area contributed by atoms with Gasteiger partial charge in [-0.25, -0.2) is 10.8 Å². The third kappa shape index (κ3) is 3.77. The molecular weight excluding hydrogens is 308 g/mol. The van der Waals surface area contributed by atoms with Gasteiger partial charge in [0.15, 0.2) is 0 Å². The van der Waals surface area contributed by atoms with Crippen LogP contribution in [0.25, 0.3) is 5.95 Å². The quantitative estimate of drug-likeness (QED) is 0.538. The Morgan fingerprint density at radius 1 is 1.29 bits per heavy atom. The molecule has 0 amide bonds. The molecule has 1 atom stereocenters. The van der Waals surface area contributed by atoms with Crippen LogP contribution in [0.3, 0.4) is 0 Å². The van der Waals surface area contributed by atoms with Crippen molar-refractivity contribution in [3.05, 3.63) is 18.7 Å². The molecule has 3 rings (SSSR count). The number of imidazole rings is 1. The molecule has 4 N–H and O–H groups in total. The molecule has 0 radical (unpaired) electrons. The summed E-state index contributed by atoms with van der Waals surface area (Å²) in [6, 6.07) is 0. The molecule has 10 heteroatoms. The highest BCUT2D eigenvalue weighted by Crippen LogP contribution is 2.24. The molecule has 1 aliphatic heterocycles. The molecule has 1 fully saturated rings. The van der Waals surface area contributed by atoms with Gasteiger partial charge in [-0.1, -0.05) is 0 Å². The van der Waals surface area contributed by atoms with Crippen LogP contribution in [-0.2, 0) is 0 Å². The van der Waals surface area contributed by atoms with E-state index in [1.807, 2.05) is 23.5 Å². The minimum atomic E-state index is 0.321. The van der Waals surface area contributed by atoms with Crippen LogP contribution in [-0.4, -0.2) is 53.6 Å². The Kier molecular flexibility index (Phi) is 4.78. The zero-order valence-electron chi connectivity index (χ0n) is 11.3. The predicted molar refractivity (Wildman–Crippen MR) is 86.8 cm³/mol. The van der Waals surface area contributed by atoms with Crippen molar-refractivity contribution < 1.29 is 0 Å². The van der Waals surface area contributed by atoms with E-state index in [4.69, 9.17) is 5.84 Å². The smallest absolute Gasteiger partial charge is 0.243 e. The lowest BCUT2D eigenvalue weighted by Crippen LogP contribution is -2.24.